The number of rotatable bonds is 4. The molecule has 0 heterocycles. The highest BCUT2D eigenvalue weighted by atomic mass is 16.3. The molecule has 0 N–H and O–H groups in total. The molecule has 0 amide bonds. The summed E-state index contributed by atoms with van der Waals surface area (Å²) in [6.07, 6.45) is 3.79. The molecule has 0 aliphatic heterocycles. The van der Waals surface area contributed by atoms with Gasteiger partial charge in [0.05, 0.1) is 0 Å². The van der Waals surface area contributed by atoms with Crippen molar-refractivity contribution in [1.29, 1.82) is 0 Å². The molecular formula is C12H15NO. The van der Waals surface area contributed by atoms with Gasteiger partial charge in [0.25, 0.3) is 0 Å². The highest BCUT2D eigenvalue weighted by molar-refractivity contribution is 5.49. The lowest BCUT2D eigenvalue weighted by atomic mass is 10.0. The van der Waals surface area contributed by atoms with E-state index in [1.54, 1.807) is 0 Å². The van der Waals surface area contributed by atoms with Gasteiger partial charge in [-0.15, -0.1) is 0 Å². The third-order valence-electron chi connectivity index (χ3n) is 2.09. The van der Waals surface area contributed by atoms with Crippen molar-refractivity contribution in [3.05, 3.63) is 46.9 Å². The van der Waals surface area contributed by atoms with Gasteiger partial charge < -0.3 is 0 Å². The van der Waals surface area contributed by atoms with Gasteiger partial charge in [0.1, 0.15) is 6.04 Å². The van der Waals surface area contributed by atoms with Crippen LogP contribution in [0.5, 0.6) is 0 Å². The molecule has 0 aromatic heterocycles. The van der Waals surface area contributed by atoms with E-state index in [-0.39, 0.29) is 12.0 Å². The van der Waals surface area contributed by atoms with Gasteiger partial charge in [0.15, 0.2) is 0 Å². The zero-order valence-corrected chi connectivity index (χ0v) is 8.55. The molecule has 74 valence electrons. The first-order chi connectivity index (χ1) is 6.74. The monoisotopic (exact) mass is 189 g/mol. The first-order valence-corrected chi connectivity index (χ1v) is 4.79. The normalized spacial score (nSPS) is 13.4. The van der Waals surface area contributed by atoms with Crippen molar-refractivity contribution >= 4 is 6.08 Å². The van der Waals surface area contributed by atoms with Gasteiger partial charge in [-0.3, -0.25) is 0 Å². The van der Waals surface area contributed by atoms with Crippen molar-refractivity contribution < 1.29 is 0 Å². The summed E-state index contributed by atoms with van der Waals surface area (Å²) in [7, 11) is 0. The molecule has 0 saturated heterocycles. The summed E-state index contributed by atoms with van der Waals surface area (Å²) in [5.41, 5.74) is 1.10. The molecule has 0 aliphatic rings. The molecule has 1 aromatic carbocycles. The molecule has 2 heteroatoms. The maximum atomic E-state index is 10.5. The van der Waals surface area contributed by atoms with Crippen LogP contribution in [-0.4, -0.2) is 6.04 Å². The Kier molecular flexibility index (Phi) is 4.05. The van der Waals surface area contributed by atoms with E-state index in [1.807, 2.05) is 56.3 Å². The lowest BCUT2D eigenvalue weighted by molar-refractivity contribution is 0.571. The minimum atomic E-state index is -0.227. The van der Waals surface area contributed by atoms with Gasteiger partial charge in [0.2, 0.25) is 0 Å². The molecule has 0 radical (unpaired) electrons. The number of hydrogen-bond donors (Lipinski definition) is 0. The molecule has 0 spiro atoms. The average molecular weight is 189 g/mol. The standard InChI is InChI=1S/C12H15NO/c1-10(2)12(13-14)9-8-11-6-4-3-5-7-11/h3-10,12H,1-2H3. The summed E-state index contributed by atoms with van der Waals surface area (Å²) in [4.78, 5) is 10.5. The predicted molar refractivity (Wildman–Crippen MR) is 59.9 cm³/mol. The van der Waals surface area contributed by atoms with Crippen molar-refractivity contribution in [1.82, 2.24) is 0 Å². The topological polar surface area (TPSA) is 29.4 Å². The summed E-state index contributed by atoms with van der Waals surface area (Å²) >= 11 is 0. The fraction of sp³-hybridized carbons (Fsp3) is 0.333. The van der Waals surface area contributed by atoms with E-state index in [0.29, 0.717) is 0 Å². The van der Waals surface area contributed by atoms with E-state index in [2.05, 4.69) is 5.18 Å². The third kappa shape index (κ3) is 3.13. The molecule has 2 nitrogen and oxygen atoms in total. The van der Waals surface area contributed by atoms with E-state index in [4.69, 9.17) is 0 Å². The maximum Gasteiger partial charge on any atom is 0.113 e. The lowest BCUT2D eigenvalue weighted by Crippen LogP contribution is -2.07. The molecule has 14 heavy (non-hydrogen) atoms. The van der Waals surface area contributed by atoms with Crippen molar-refractivity contribution in [3.63, 3.8) is 0 Å². The van der Waals surface area contributed by atoms with Crippen molar-refractivity contribution in [2.75, 3.05) is 0 Å². The van der Waals surface area contributed by atoms with Gasteiger partial charge in [0, 0.05) is 0 Å². The van der Waals surface area contributed by atoms with E-state index >= 15 is 0 Å². The lowest BCUT2D eigenvalue weighted by Gasteiger charge is -2.06. The molecule has 1 atom stereocenters. The molecule has 0 bridgehead atoms. The van der Waals surface area contributed by atoms with Crippen LogP contribution in [0.1, 0.15) is 19.4 Å². The molecule has 0 fully saturated rings. The Hall–Kier alpha value is -1.44. The molecule has 1 rings (SSSR count). The predicted octanol–water partition coefficient (Wildman–Crippen LogP) is 3.49. The number of hydrogen-bond acceptors (Lipinski definition) is 2. The van der Waals surface area contributed by atoms with Crippen molar-refractivity contribution in [2.45, 2.75) is 19.9 Å². The first-order valence-electron chi connectivity index (χ1n) is 4.79. The Bertz CT molecular complexity index is 303. The second-order valence-corrected chi connectivity index (χ2v) is 3.61. The third-order valence-corrected chi connectivity index (χ3v) is 2.09. The van der Waals surface area contributed by atoms with E-state index in [1.165, 1.54) is 0 Å². The average Bonchev–Trinajstić information content (AvgIpc) is 2.20. The van der Waals surface area contributed by atoms with Gasteiger partial charge in [-0.1, -0.05) is 61.5 Å². The highest BCUT2D eigenvalue weighted by Crippen LogP contribution is 2.10. The van der Waals surface area contributed by atoms with Crippen LogP contribution in [0.25, 0.3) is 6.08 Å². The zero-order valence-electron chi connectivity index (χ0n) is 8.55. The zero-order chi connectivity index (χ0) is 10.4. The summed E-state index contributed by atoms with van der Waals surface area (Å²) < 4.78 is 0. The second kappa shape index (κ2) is 5.32. The fourth-order valence-corrected chi connectivity index (χ4v) is 1.15. The number of nitrogens with zero attached hydrogens (tertiary/aromatic N) is 1. The van der Waals surface area contributed by atoms with Crippen LogP contribution in [0.3, 0.4) is 0 Å². The second-order valence-electron chi connectivity index (χ2n) is 3.61. The van der Waals surface area contributed by atoms with Gasteiger partial charge in [-0.2, -0.15) is 4.91 Å². The van der Waals surface area contributed by atoms with Crippen LogP contribution in [0, 0.1) is 10.8 Å². The number of nitroso groups, excluding NO2 is 1. The number of benzene rings is 1. The summed E-state index contributed by atoms with van der Waals surface area (Å²) in [6, 6.07) is 9.68. The minimum Gasteiger partial charge on any atom is -0.150 e. The molecule has 1 aromatic rings. The fourth-order valence-electron chi connectivity index (χ4n) is 1.15. The van der Waals surface area contributed by atoms with Gasteiger partial charge >= 0.3 is 0 Å². The van der Waals surface area contributed by atoms with Crippen LogP contribution in [0.2, 0.25) is 0 Å². The van der Waals surface area contributed by atoms with E-state index in [0.717, 1.165) is 5.56 Å². The Balaban J connectivity index is 2.67. The van der Waals surface area contributed by atoms with Crippen LogP contribution in [0.15, 0.2) is 41.6 Å². The van der Waals surface area contributed by atoms with Crippen LogP contribution >= 0.6 is 0 Å². The van der Waals surface area contributed by atoms with Crippen molar-refractivity contribution in [3.8, 4) is 0 Å². The van der Waals surface area contributed by atoms with E-state index < -0.39 is 0 Å². The van der Waals surface area contributed by atoms with Gasteiger partial charge in [-0.25, -0.2) is 0 Å². The largest absolute Gasteiger partial charge is 0.150 e. The Morgan fingerprint density at radius 2 is 1.86 bits per heavy atom. The molecule has 1 unspecified atom stereocenters. The summed E-state index contributed by atoms with van der Waals surface area (Å²) in [6.45, 7) is 3.98. The highest BCUT2D eigenvalue weighted by Gasteiger charge is 2.08. The maximum absolute atomic E-state index is 10.5. The SMILES string of the molecule is CC(C)C(C=Cc1ccccc1)N=O. The summed E-state index contributed by atoms with van der Waals surface area (Å²) in [5, 5.41) is 3.07. The molecule has 0 aliphatic carbocycles. The van der Waals surface area contributed by atoms with Gasteiger partial charge in [-0.05, 0) is 11.5 Å². The van der Waals surface area contributed by atoms with Crippen LogP contribution < -0.4 is 0 Å². The smallest absolute Gasteiger partial charge is 0.113 e. The Morgan fingerprint density at radius 3 is 2.36 bits per heavy atom. The van der Waals surface area contributed by atoms with Crippen molar-refractivity contribution in [2.24, 2.45) is 11.1 Å². The van der Waals surface area contributed by atoms with Crippen LogP contribution in [-0.2, 0) is 0 Å². The summed E-state index contributed by atoms with van der Waals surface area (Å²) in [5.74, 6) is 0.257. The Morgan fingerprint density at radius 1 is 1.21 bits per heavy atom. The minimum absolute atomic E-state index is 0.227. The van der Waals surface area contributed by atoms with Crippen LogP contribution in [0.4, 0.5) is 0 Å². The van der Waals surface area contributed by atoms with E-state index in [9.17, 15) is 4.91 Å². The quantitative estimate of drug-likeness (QED) is 0.666. The first kappa shape index (κ1) is 10.6. The molecule has 0 saturated carbocycles. The Labute approximate surface area is 84.6 Å². The molecular weight excluding hydrogens is 174 g/mol.